The first kappa shape index (κ1) is 23.7. The third-order valence-electron chi connectivity index (χ3n) is 5.82. The number of carbonyl (C=O) groups excluding carboxylic acids is 3. The van der Waals surface area contributed by atoms with E-state index >= 15 is 0 Å². The van der Waals surface area contributed by atoms with Gasteiger partial charge in [-0.1, -0.05) is 0 Å². The van der Waals surface area contributed by atoms with Crippen molar-refractivity contribution in [3.05, 3.63) is 34.9 Å². The van der Waals surface area contributed by atoms with Crippen molar-refractivity contribution in [3.63, 3.8) is 0 Å². The molecule has 0 N–H and O–H groups in total. The summed E-state index contributed by atoms with van der Waals surface area (Å²) in [4.78, 5) is 38.5. The van der Waals surface area contributed by atoms with Gasteiger partial charge in [0.25, 0.3) is 0 Å². The van der Waals surface area contributed by atoms with E-state index in [2.05, 4.69) is 0 Å². The molecule has 180 valence electrons. The SMILES string of the molecule is O=C(OC1CCCCO1)c1ccc(C(=O)OC2CCCCO2)c(C(=O)OC2CCCCO2)c1. The zero-order valence-electron chi connectivity index (χ0n) is 18.6. The highest BCUT2D eigenvalue weighted by Gasteiger charge is 2.28. The molecule has 0 aromatic heterocycles. The molecule has 1 aromatic carbocycles. The van der Waals surface area contributed by atoms with Gasteiger partial charge in [-0.15, -0.1) is 0 Å². The molecular formula is C24H30O9. The Kier molecular flexibility index (Phi) is 8.30. The maximum absolute atomic E-state index is 13.0. The van der Waals surface area contributed by atoms with E-state index in [0.29, 0.717) is 39.1 Å². The fraction of sp³-hybridized carbons (Fsp3) is 0.625. The third kappa shape index (κ3) is 6.52. The van der Waals surface area contributed by atoms with Crippen LogP contribution in [0, 0.1) is 0 Å². The van der Waals surface area contributed by atoms with Gasteiger partial charge in [0.05, 0.1) is 36.5 Å². The molecule has 3 aliphatic rings. The van der Waals surface area contributed by atoms with Crippen LogP contribution in [0.5, 0.6) is 0 Å². The number of esters is 3. The van der Waals surface area contributed by atoms with Crippen LogP contribution in [0.1, 0.15) is 88.9 Å². The minimum absolute atomic E-state index is 0.00421. The van der Waals surface area contributed by atoms with Gasteiger partial charge in [0.2, 0.25) is 18.9 Å². The van der Waals surface area contributed by atoms with Crippen molar-refractivity contribution in [3.8, 4) is 0 Å². The Labute approximate surface area is 192 Å². The van der Waals surface area contributed by atoms with E-state index in [-0.39, 0.29) is 16.7 Å². The first-order valence-corrected chi connectivity index (χ1v) is 11.7. The van der Waals surface area contributed by atoms with Crippen LogP contribution in [-0.4, -0.2) is 56.6 Å². The second-order valence-corrected chi connectivity index (χ2v) is 8.36. The van der Waals surface area contributed by atoms with Crippen LogP contribution < -0.4 is 0 Å². The molecule has 1 aromatic rings. The van der Waals surface area contributed by atoms with Gasteiger partial charge in [-0.2, -0.15) is 0 Å². The van der Waals surface area contributed by atoms with Crippen LogP contribution in [0.2, 0.25) is 0 Å². The van der Waals surface area contributed by atoms with Gasteiger partial charge in [-0.05, 0) is 56.7 Å². The van der Waals surface area contributed by atoms with Gasteiger partial charge in [0, 0.05) is 19.3 Å². The zero-order chi connectivity index (χ0) is 23.0. The van der Waals surface area contributed by atoms with Crippen LogP contribution in [0.3, 0.4) is 0 Å². The lowest BCUT2D eigenvalue weighted by Crippen LogP contribution is -2.29. The normalized spacial score (nSPS) is 25.6. The quantitative estimate of drug-likeness (QED) is 0.461. The second-order valence-electron chi connectivity index (χ2n) is 8.36. The first-order valence-electron chi connectivity index (χ1n) is 11.7. The Morgan fingerprint density at radius 3 is 1.52 bits per heavy atom. The van der Waals surface area contributed by atoms with Crippen LogP contribution in [0.4, 0.5) is 0 Å². The fourth-order valence-electron chi connectivity index (χ4n) is 3.98. The van der Waals surface area contributed by atoms with Crippen LogP contribution in [0.25, 0.3) is 0 Å². The van der Waals surface area contributed by atoms with E-state index in [9.17, 15) is 14.4 Å². The maximum atomic E-state index is 13.0. The Morgan fingerprint density at radius 1 is 0.606 bits per heavy atom. The Bertz CT molecular complexity index is 834. The number of benzene rings is 1. The lowest BCUT2D eigenvalue weighted by molar-refractivity contribution is -0.133. The summed E-state index contributed by atoms with van der Waals surface area (Å²) < 4.78 is 32.7. The molecule has 0 spiro atoms. The molecule has 3 aliphatic heterocycles. The molecule has 0 saturated carbocycles. The lowest BCUT2D eigenvalue weighted by atomic mass is 10.0. The van der Waals surface area contributed by atoms with Crippen LogP contribution in [-0.2, 0) is 28.4 Å². The summed E-state index contributed by atoms with van der Waals surface area (Å²) in [5.74, 6) is -2.11. The predicted molar refractivity (Wildman–Crippen MR) is 113 cm³/mol. The summed E-state index contributed by atoms with van der Waals surface area (Å²) in [6.45, 7) is 1.55. The van der Waals surface area contributed by atoms with E-state index < -0.39 is 36.8 Å². The molecule has 3 heterocycles. The van der Waals surface area contributed by atoms with Gasteiger partial charge in [-0.3, -0.25) is 0 Å². The summed E-state index contributed by atoms with van der Waals surface area (Å²) in [5, 5.41) is 0. The molecular weight excluding hydrogens is 432 g/mol. The average Bonchev–Trinajstić information content (AvgIpc) is 2.85. The molecule has 3 unspecified atom stereocenters. The van der Waals surface area contributed by atoms with E-state index in [4.69, 9.17) is 28.4 Å². The number of ether oxygens (including phenoxy) is 6. The van der Waals surface area contributed by atoms with E-state index in [1.54, 1.807) is 0 Å². The topological polar surface area (TPSA) is 107 Å². The highest BCUT2D eigenvalue weighted by atomic mass is 16.7. The molecule has 33 heavy (non-hydrogen) atoms. The lowest BCUT2D eigenvalue weighted by Gasteiger charge is -2.24. The molecule has 0 bridgehead atoms. The number of hydrogen-bond acceptors (Lipinski definition) is 9. The van der Waals surface area contributed by atoms with Crippen molar-refractivity contribution in [2.24, 2.45) is 0 Å². The molecule has 4 rings (SSSR count). The van der Waals surface area contributed by atoms with Gasteiger partial charge < -0.3 is 28.4 Å². The van der Waals surface area contributed by atoms with Crippen LogP contribution >= 0.6 is 0 Å². The molecule has 0 radical (unpaired) electrons. The highest BCUT2D eigenvalue weighted by Crippen LogP contribution is 2.23. The van der Waals surface area contributed by atoms with E-state index in [0.717, 1.165) is 38.5 Å². The van der Waals surface area contributed by atoms with E-state index in [1.165, 1.54) is 18.2 Å². The largest absolute Gasteiger partial charge is 0.432 e. The van der Waals surface area contributed by atoms with Gasteiger partial charge in [-0.25, -0.2) is 14.4 Å². The molecule has 0 aliphatic carbocycles. The van der Waals surface area contributed by atoms with Gasteiger partial charge in [0.1, 0.15) is 0 Å². The fourth-order valence-corrected chi connectivity index (χ4v) is 3.98. The Hall–Kier alpha value is -2.49. The molecule has 3 atom stereocenters. The Morgan fingerprint density at radius 2 is 1.06 bits per heavy atom. The van der Waals surface area contributed by atoms with Gasteiger partial charge >= 0.3 is 17.9 Å². The summed E-state index contributed by atoms with van der Waals surface area (Å²) in [6, 6.07) is 4.10. The number of hydrogen-bond donors (Lipinski definition) is 0. The average molecular weight is 462 g/mol. The summed E-state index contributed by atoms with van der Waals surface area (Å²) >= 11 is 0. The molecule has 3 fully saturated rings. The minimum atomic E-state index is -0.762. The molecule has 9 heteroatoms. The van der Waals surface area contributed by atoms with E-state index in [1.807, 2.05) is 0 Å². The van der Waals surface area contributed by atoms with Crippen molar-refractivity contribution in [2.75, 3.05) is 19.8 Å². The molecule has 9 nitrogen and oxygen atoms in total. The zero-order valence-corrected chi connectivity index (χ0v) is 18.6. The van der Waals surface area contributed by atoms with Crippen molar-refractivity contribution in [1.82, 2.24) is 0 Å². The second kappa shape index (κ2) is 11.6. The molecule has 0 amide bonds. The van der Waals surface area contributed by atoms with Crippen molar-refractivity contribution in [2.45, 2.75) is 76.7 Å². The predicted octanol–water partition coefficient (Wildman–Crippen LogP) is 3.74. The summed E-state index contributed by atoms with van der Waals surface area (Å²) in [7, 11) is 0. The monoisotopic (exact) mass is 462 g/mol. The highest BCUT2D eigenvalue weighted by molar-refractivity contribution is 6.05. The number of rotatable bonds is 6. The molecule has 3 saturated heterocycles. The smallest absolute Gasteiger partial charge is 0.341 e. The Balaban J connectivity index is 1.52. The summed E-state index contributed by atoms with van der Waals surface area (Å²) in [5.41, 5.74) is 0.0330. The third-order valence-corrected chi connectivity index (χ3v) is 5.82. The first-order chi connectivity index (χ1) is 16.1. The minimum Gasteiger partial charge on any atom is -0.432 e. The summed E-state index contributed by atoms with van der Waals surface area (Å²) in [6.07, 6.45) is 5.21. The number of carbonyl (C=O) groups is 3. The van der Waals surface area contributed by atoms with Crippen LogP contribution in [0.15, 0.2) is 18.2 Å². The van der Waals surface area contributed by atoms with Crippen molar-refractivity contribution >= 4 is 17.9 Å². The van der Waals surface area contributed by atoms with Crippen molar-refractivity contribution < 1.29 is 42.8 Å². The standard InChI is InChI=1S/C24H30O9/c25-22(31-19-7-1-4-12-28-19)16-10-11-17(23(26)32-20-8-2-5-13-29-20)18(15-16)24(27)33-21-9-3-6-14-30-21/h10-11,15,19-21H,1-9,12-14H2. The van der Waals surface area contributed by atoms with Crippen molar-refractivity contribution in [1.29, 1.82) is 0 Å². The van der Waals surface area contributed by atoms with Gasteiger partial charge in [0.15, 0.2) is 0 Å². The maximum Gasteiger partial charge on any atom is 0.341 e.